The fourth-order valence-electron chi connectivity index (χ4n) is 2.95. The minimum Gasteiger partial charge on any atom is -0.479 e. The van der Waals surface area contributed by atoms with E-state index in [1.54, 1.807) is 0 Å². The lowest BCUT2D eigenvalue weighted by Gasteiger charge is -2.53. The van der Waals surface area contributed by atoms with Gasteiger partial charge in [0.05, 0.1) is 0 Å². The average Bonchev–Trinajstić information content (AvgIpc) is 2.43. The number of rotatable bonds is 3. The molecule has 0 saturated carbocycles. The Morgan fingerprint density at radius 2 is 2.11 bits per heavy atom. The maximum Gasteiger partial charge on any atom is 0.174 e. The molecule has 1 aromatic carbocycles. The second-order valence-corrected chi connectivity index (χ2v) is 5.41. The van der Waals surface area contributed by atoms with Crippen molar-refractivity contribution in [2.45, 2.75) is 12.8 Å². The predicted octanol–water partition coefficient (Wildman–Crippen LogP) is 2.21. The Kier molecular flexibility index (Phi) is 3.31. The molecule has 2 aliphatic heterocycles. The minimum absolute atomic E-state index is 0.102. The smallest absolute Gasteiger partial charge is 0.174 e. The second kappa shape index (κ2) is 5.10. The van der Waals surface area contributed by atoms with Gasteiger partial charge in [-0.3, -0.25) is 0 Å². The zero-order valence-electron chi connectivity index (χ0n) is 11.0. The Labute approximate surface area is 113 Å². The van der Waals surface area contributed by atoms with Crippen LogP contribution in [0.5, 0.6) is 5.75 Å². The second-order valence-electron chi connectivity index (χ2n) is 5.41. The van der Waals surface area contributed by atoms with Crippen molar-refractivity contribution in [3.63, 3.8) is 0 Å². The van der Waals surface area contributed by atoms with E-state index in [4.69, 9.17) is 14.7 Å². The summed E-state index contributed by atoms with van der Waals surface area (Å²) in [6.45, 7) is 4.12. The monoisotopic (exact) mass is 258 g/mol. The molecule has 0 bridgehead atoms. The molecule has 2 heterocycles. The van der Waals surface area contributed by atoms with Crippen LogP contribution in [0.15, 0.2) is 24.3 Å². The van der Waals surface area contributed by atoms with Crippen LogP contribution in [0.2, 0.25) is 0 Å². The molecule has 19 heavy (non-hydrogen) atoms. The van der Waals surface area contributed by atoms with E-state index in [9.17, 15) is 0 Å². The molecule has 100 valence electrons. The Balaban J connectivity index is 1.63. The van der Waals surface area contributed by atoms with Gasteiger partial charge in [0.15, 0.2) is 6.61 Å². The summed E-state index contributed by atoms with van der Waals surface area (Å²) in [7, 11) is 0. The van der Waals surface area contributed by atoms with Crippen LogP contribution in [0.25, 0.3) is 0 Å². The van der Waals surface area contributed by atoms with E-state index in [-0.39, 0.29) is 6.61 Å². The highest BCUT2D eigenvalue weighted by Crippen LogP contribution is 2.42. The standard InChI is InChI=1S/C15H18N2O2/c16-6-9-19-14-3-1-2-13(10-14)17-11-15(12-17)4-7-18-8-5-15/h1-3,10H,4-5,7-9,11-12H2. The molecule has 4 nitrogen and oxygen atoms in total. The first kappa shape index (κ1) is 12.3. The molecule has 0 N–H and O–H groups in total. The first-order valence-corrected chi connectivity index (χ1v) is 6.74. The van der Waals surface area contributed by atoms with Crippen molar-refractivity contribution in [3.05, 3.63) is 24.3 Å². The van der Waals surface area contributed by atoms with Gasteiger partial charge in [-0.25, -0.2) is 0 Å². The van der Waals surface area contributed by atoms with Crippen LogP contribution >= 0.6 is 0 Å². The van der Waals surface area contributed by atoms with Crippen molar-refractivity contribution in [2.24, 2.45) is 5.41 Å². The Bertz CT molecular complexity index is 481. The van der Waals surface area contributed by atoms with Crippen LogP contribution in [0.4, 0.5) is 5.69 Å². The van der Waals surface area contributed by atoms with Gasteiger partial charge >= 0.3 is 0 Å². The first-order chi connectivity index (χ1) is 9.31. The van der Waals surface area contributed by atoms with Gasteiger partial charge in [0.1, 0.15) is 11.8 Å². The topological polar surface area (TPSA) is 45.5 Å². The van der Waals surface area contributed by atoms with Crippen LogP contribution in [0.1, 0.15) is 12.8 Å². The highest BCUT2D eigenvalue weighted by molar-refractivity contribution is 5.53. The molecule has 0 amide bonds. The van der Waals surface area contributed by atoms with E-state index in [0.717, 1.165) is 32.1 Å². The van der Waals surface area contributed by atoms with E-state index in [0.29, 0.717) is 5.41 Å². The van der Waals surface area contributed by atoms with E-state index < -0.39 is 0 Å². The summed E-state index contributed by atoms with van der Waals surface area (Å²) in [4.78, 5) is 2.38. The zero-order valence-corrected chi connectivity index (χ0v) is 11.0. The Hall–Kier alpha value is -1.73. The summed E-state index contributed by atoms with van der Waals surface area (Å²) >= 11 is 0. The molecule has 2 fully saturated rings. The number of benzene rings is 1. The molecule has 0 aliphatic carbocycles. The first-order valence-electron chi connectivity index (χ1n) is 6.74. The van der Waals surface area contributed by atoms with Crippen LogP contribution in [-0.2, 0) is 4.74 Å². The van der Waals surface area contributed by atoms with Gasteiger partial charge in [0.25, 0.3) is 0 Å². The van der Waals surface area contributed by atoms with E-state index in [2.05, 4.69) is 11.0 Å². The van der Waals surface area contributed by atoms with E-state index in [1.165, 1.54) is 18.5 Å². The maximum atomic E-state index is 8.53. The molecule has 0 unspecified atom stereocenters. The van der Waals surface area contributed by atoms with E-state index >= 15 is 0 Å². The van der Waals surface area contributed by atoms with Crippen molar-refractivity contribution < 1.29 is 9.47 Å². The van der Waals surface area contributed by atoms with E-state index in [1.807, 2.05) is 24.3 Å². The van der Waals surface area contributed by atoms with Crippen LogP contribution in [-0.4, -0.2) is 32.9 Å². The lowest BCUT2D eigenvalue weighted by Crippen LogP contribution is -2.58. The SMILES string of the molecule is N#CCOc1cccc(N2CC3(CCOCC3)C2)c1. The van der Waals surface area contributed by atoms with Gasteiger partial charge < -0.3 is 14.4 Å². The van der Waals surface area contributed by atoms with Crippen LogP contribution in [0.3, 0.4) is 0 Å². The fourth-order valence-corrected chi connectivity index (χ4v) is 2.95. The van der Waals surface area contributed by atoms with Gasteiger partial charge in [0, 0.05) is 43.5 Å². The molecule has 2 aliphatic rings. The summed E-state index contributed by atoms with van der Waals surface area (Å²) < 4.78 is 10.8. The molecule has 1 aromatic rings. The third-order valence-electron chi connectivity index (χ3n) is 4.09. The Morgan fingerprint density at radius 1 is 1.32 bits per heavy atom. The molecule has 3 rings (SSSR count). The van der Waals surface area contributed by atoms with Crippen LogP contribution in [0, 0.1) is 16.7 Å². The predicted molar refractivity (Wildman–Crippen MR) is 72.2 cm³/mol. The molecule has 0 atom stereocenters. The van der Waals surface area contributed by atoms with Gasteiger partial charge in [-0.15, -0.1) is 0 Å². The third-order valence-corrected chi connectivity index (χ3v) is 4.09. The molecule has 0 radical (unpaired) electrons. The van der Waals surface area contributed by atoms with Crippen molar-refractivity contribution in [3.8, 4) is 11.8 Å². The van der Waals surface area contributed by atoms with Crippen molar-refractivity contribution in [2.75, 3.05) is 37.8 Å². The fraction of sp³-hybridized carbons (Fsp3) is 0.533. The zero-order chi connectivity index (χ0) is 13.1. The Morgan fingerprint density at radius 3 is 2.84 bits per heavy atom. The van der Waals surface area contributed by atoms with Gasteiger partial charge in [-0.05, 0) is 25.0 Å². The molecule has 4 heteroatoms. The summed E-state index contributed by atoms with van der Waals surface area (Å²) in [5, 5.41) is 8.53. The minimum atomic E-state index is 0.102. The van der Waals surface area contributed by atoms with Gasteiger partial charge in [-0.2, -0.15) is 5.26 Å². The largest absolute Gasteiger partial charge is 0.479 e. The number of ether oxygens (including phenoxy) is 2. The molecule has 2 saturated heterocycles. The number of hydrogen-bond donors (Lipinski definition) is 0. The average molecular weight is 258 g/mol. The summed E-state index contributed by atoms with van der Waals surface area (Å²) in [6, 6.07) is 9.99. The lowest BCUT2D eigenvalue weighted by atomic mass is 9.73. The van der Waals surface area contributed by atoms with Crippen molar-refractivity contribution >= 4 is 5.69 Å². The van der Waals surface area contributed by atoms with Crippen LogP contribution < -0.4 is 9.64 Å². The summed E-state index contributed by atoms with van der Waals surface area (Å²) in [5.41, 5.74) is 1.66. The number of nitrogens with zero attached hydrogens (tertiary/aromatic N) is 2. The molecule has 0 aromatic heterocycles. The summed E-state index contributed by atoms with van der Waals surface area (Å²) in [6.07, 6.45) is 2.35. The van der Waals surface area contributed by atoms with Gasteiger partial charge in [0.2, 0.25) is 0 Å². The number of anilines is 1. The highest BCUT2D eigenvalue weighted by atomic mass is 16.5. The third kappa shape index (κ3) is 2.52. The normalized spacial score (nSPS) is 20.7. The van der Waals surface area contributed by atoms with Crippen molar-refractivity contribution in [1.29, 1.82) is 5.26 Å². The highest BCUT2D eigenvalue weighted by Gasteiger charge is 2.43. The maximum absolute atomic E-state index is 8.53. The lowest BCUT2D eigenvalue weighted by molar-refractivity contribution is -0.000204. The number of nitriles is 1. The quantitative estimate of drug-likeness (QED) is 0.834. The van der Waals surface area contributed by atoms with Gasteiger partial charge in [-0.1, -0.05) is 6.07 Å². The molecular formula is C15H18N2O2. The number of hydrogen-bond acceptors (Lipinski definition) is 4. The molecule has 1 spiro atoms. The summed E-state index contributed by atoms with van der Waals surface area (Å²) in [5.74, 6) is 0.770. The van der Waals surface area contributed by atoms with Crippen molar-refractivity contribution in [1.82, 2.24) is 0 Å². The molecular weight excluding hydrogens is 240 g/mol.